The van der Waals surface area contributed by atoms with Crippen molar-refractivity contribution in [1.29, 1.82) is 0 Å². The van der Waals surface area contributed by atoms with Gasteiger partial charge >= 0.3 is 6.18 Å². The molecule has 10 heteroatoms. The number of alkyl halides is 3. The van der Waals surface area contributed by atoms with Gasteiger partial charge in [-0.3, -0.25) is 14.4 Å². The molecule has 31 heavy (non-hydrogen) atoms. The molecule has 0 fully saturated rings. The van der Waals surface area contributed by atoms with Gasteiger partial charge in [0.25, 0.3) is 0 Å². The highest BCUT2D eigenvalue weighted by Crippen LogP contribution is 2.29. The van der Waals surface area contributed by atoms with Crippen LogP contribution in [0.1, 0.15) is 23.6 Å². The smallest absolute Gasteiger partial charge is 0.368 e. The van der Waals surface area contributed by atoms with Gasteiger partial charge in [-0.05, 0) is 29.3 Å². The minimum Gasteiger partial charge on any atom is -0.368 e. The zero-order chi connectivity index (χ0) is 23.2. The summed E-state index contributed by atoms with van der Waals surface area (Å²) in [6, 6.07) is 7.23. The van der Waals surface area contributed by atoms with Gasteiger partial charge < -0.3 is 16.4 Å². The molecule has 0 aromatic heterocycles. The molecule has 0 aliphatic heterocycles. The number of nitrogens with two attached hydrogens (primary N) is 1. The van der Waals surface area contributed by atoms with E-state index in [1.807, 2.05) is 0 Å². The van der Waals surface area contributed by atoms with Crippen molar-refractivity contribution in [3.63, 3.8) is 0 Å². The normalized spacial score (nSPS) is 13.2. The standard InChI is InChI=1S/C21H21F4N3O3/c1-12(29)27-18(11-14-5-3-7-16(22)9-14)20(31)28-17(19(26)30)10-13-4-2-6-15(8-13)21(23,24)25/h2-9,17-18H,10-11H2,1H3,(H2,26,30)(H,27,29)(H,28,31)/t17-,18-/m0/s1. The first-order valence-corrected chi connectivity index (χ1v) is 9.23. The highest BCUT2D eigenvalue weighted by atomic mass is 19.4. The van der Waals surface area contributed by atoms with Gasteiger partial charge in [-0.2, -0.15) is 13.2 Å². The quantitative estimate of drug-likeness (QED) is 0.549. The molecule has 4 N–H and O–H groups in total. The van der Waals surface area contributed by atoms with Crippen LogP contribution >= 0.6 is 0 Å². The molecule has 6 nitrogen and oxygen atoms in total. The zero-order valence-electron chi connectivity index (χ0n) is 16.5. The Kier molecular flexibility index (Phi) is 7.73. The molecule has 0 aliphatic carbocycles. The van der Waals surface area contributed by atoms with Crippen LogP contribution in [0.4, 0.5) is 17.6 Å². The summed E-state index contributed by atoms with van der Waals surface area (Å²) < 4.78 is 52.2. The van der Waals surface area contributed by atoms with Crippen molar-refractivity contribution >= 4 is 17.7 Å². The lowest BCUT2D eigenvalue weighted by molar-refractivity contribution is -0.137. The Balaban J connectivity index is 2.18. The van der Waals surface area contributed by atoms with Crippen molar-refractivity contribution in [2.24, 2.45) is 5.73 Å². The summed E-state index contributed by atoms with van der Waals surface area (Å²) in [5, 5.41) is 4.77. The van der Waals surface area contributed by atoms with Gasteiger partial charge in [0.15, 0.2) is 0 Å². The minimum absolute atomic E-state index is 0.0712. The fourth-order valence-electron chi connectivity index (χ4n) is 2.96. The maximum atomic E-state index is 13.4. The largest absolute Gasteiger partial charge is 0.416 e. The summed E-state index contributed by atoms with van der Waals surface area (Å²) in [5.74, 6) is -2.81. The average Bonchev–Trinajstić information content (AvgIpc) is 2.66. The number of nitrogens with one attached hydrogen (secondary N) is 2. The number of hydrogen-bond acceptors (Lipinski definition) is 3. The molecule has 2 aromatic carbocycles. The van der Waals surface area contributed by atoms with E-state index in [0.717, 1.165) is 12.1 Å². The molecule has 2 rings (SSSR count). The molecule has 166 valence electrons. The Morgan fingerprint density at radius 2 is 1.52 bits per heavy atom. The van der Waals surface area contributed by atoms with Crippen LogP contribution < -0.4 is 16.4 Å². The van der Waals surface area contributed by atoms with Gasteiger partial charge in [0.2, 0.25) is 17.7 Å². The topological polar surface area (TPSA) is 101 Å². The predicted octanol–water partition coefficient (Wildman–Crippen LogP) is 2.10. The number of carbonyl (C=O) groups excluding carboxylic acids is 3. The first kappa shape index (κ1) is 23.8. The van der Waals surface area contributed by atoms with Gasteiger partial charge in [-0.15, -0.1) is 0 Å². The molecule has 3 amide bonds. The van der Waals surface area contributed by atoms with E-state index in [9.17, 15) is 31.9 Å². The highest BCUT2D eigenvalue weighted by Gasteiger charge is 2.31. The summed E-state index contributed by atoms with van der Waals surface area (Å²) in [6.45, 7) is 1.18. The molecule has 0 bridgehead atoms. The van der Waals surface area contributed by atoms with Crippen molar-refractivity contribution in [2.75, 3.05) is 0 Å². The number of carbonyl (C=O) groups is 3. The fraction of sp³-hybridized carbons (Fsp3) is 0.286. The van der Waals surface area contributed by atoms with E-state index >= 15 is 0 Å². The number of amides is 3. The minimum atomic E-state index is -4.57. The van der Waals surface area contributed by atoms with Crippen molar-refractivity contribution in [3.05, 3.63) is 71.0 Å². The van der Waals surface area contributed by atoms with Crippen LogP contribution in [-0.4, -0.2) is 29.8 Å². The summed E-state index contributed by atoms with van der Waals surface area (Å²) >= 11 is 0. The predicted molar refractivity (Wildman–Crippen MR) is 104 cm³/mol. The molecule has 0 saturated heterocycles. The van der Waals surface area contributed by atoms with Crippen LogP contribution in [0.2, 0.25) is 0 Å². The van der Waals surface area contributed by atoms with E-state index in [2.05, 4.69) is 10.6 Å². The zero-order valence-corrected chi connectivity index (χ0v) is 16.5. The van der Waals surface area contributed by atoms with Gasteiger partial charge in [0, 0.05) is 19.8 Å². The molecule has 0 unspecified atom stereocenters. The SMILES string of the molecule is CC(=O)N[C@@H](Cc1cccc(F)c1)C(=O)N[C@@H](Cc1cccc(C(F)(F)F)c1)C(N)=O. The number of benzene rings is 2. The second-order valence-electron chi connectivity index (χ2n) is 6.95. The van der Waals surface area contributed by atoms with Gasteiger partial charge in [0.05, 0.1) is 5.56 Å². The van der Waals surface area contributed by atoms with Crippen LogP contribution in [0.3, 0.4) is 0 Å². The molecule has 0 aliphatic rings. The van der Waals surface area contributed by atoms with E-state index in [4.69, 9.17) is 5.73 Å². The van der Waals surface area contributed by atoms with Crippen LogP contribution in [0.15, 0.2) is 48.5 Å². The average molecular weight is 439 g/mol. The number of rotatable bonds is 8. The number of primary amides is 1. The van der Waals surface area contributed by atoms with E-state index in [-0.39, 0.29) is 18.4 Å². The van der Waals surface area contributed by atoms with Gasteiger partial charge in [0.1, 0.15) is 17.9 Å². The van der Waals surface area contributed by atoms with Crippen molar-refractivity contribution < 1.29 is 31.9 Å². The van der Waals surface area contributed by atoms with E-state index in [1.54, 1.807) is 6.07 Å². The first-order chi connectivity index (χ1) is 14.5. The Morgan fingerprint density at radius 1 is 0.935 bits per heavy atom. The third-order valence-corrected chi connectivity index (χ3v) is 4.38. The Bertz CT molecular complexity index is 963. The maximum Gasteiger partial charge on any atom is 0.416 e. The lowest BCUT2D eigenvalue weighted by Crippen LogP contribution is -2.54. The summed E-state index contributed by atoms with van der Waals surface area (Å²) in [7, 11) is 0. The summed E-state index contributed by atoms with van der Waals surface area (Å²) in [5.41, 5.74) is 4.97. The third-order valence-electron chi connectivity index (χ3n) is 4.38. The lowest BCUT2D eigenvalue weighted by atomic mass is 10.0. The second-order valence-corrected chi connectivity index (χ2v) is 6.95. The summed E-state index contributed by atoms with van der Waals surface area (Å²) in [4.78, 5) is 36.0. The van der Waals surface area contributed by atoms with Crippen molar-refractivity contribution in [3.8, 4) is 0 Å². The van der Waals surface area contributed by atoms with Crippen LogP contribution in [0.5, 0.6) is 0 Å². The Labute approximate surface area is 175 Å². The molecule has 2 atom stereocenters. The van der Waals surface area contributed by atoms with Crippen molar-refractivity contribution in [2.45, 2.75) is 38.0 Å². The van der Waals surface area contributed by atoms with Crippen LogP contribution in [-0.2, 0) is 33.4 Å². The van der Waals surface area contributed by atoms with Crippen LogP contribution in [0, 0.1) is 5.82 Å². The molecule has 0 spiro atoms. The molecule has 0 radical (unpaired) electrons. The van der Waals surface area contributed by atoms with Gasteiger partial charge in [-0.25, -0.2) is 4.39 Å². The number of hydrogen-bond donors (Lipinski definition) is 3. The van der Waals surface area contributed by atoms with Crippen molar-refractivity contribution in [1.82, 2.24) is 10.6 Å². The monoisotopic (exact) mass is 439 g/mol. The maximum absolute atomic E-state index is 13.4. The molecular formula is C21H21F4N3O3. The van der Waals surface area contributed by atoms with E-state index in [0.29, 0.717) is 5.56 Å². The summed E-state index contributed by atoms with van der Waals surface area (Å²) in [6.07, 6.45) is -4.92. The second kappa shape index (κ2) is 10.1. The molecule has 0 heterocycles. The van der Waals surface area contributed by atoms with Crippen LogP contribution in [0.25, 0.3) is 0 Å². The first-order valence-electron chi connectivity index (χ1n) is 9.23. The Hall–Kier alpha value is -3.43. The Morgan fingerprint density at radius 3 is 2.06 bits per heavy atom. The highest BCUT2D eigenvalue weighted by molar-refractivity contribution is 5.91. The molecular weight excluding hydrogens is 418 g/mol. The third kappa shape index (κ3) is 7.40. The fourth-order valence-corrected chi connectivity index (χ4v) is 2.96. The molecule has 2 aromatic rings. The number of halogens is 4. The van der Waals surface area contributed by atoms with E-state index < -0.39 is 47.4 Å². The van der Waals surface area contributed by atoms with E-state index in [1.165, 1.54) is 37.3 Å². The molecule has 0 saturated carbocycles. The van der Waals surface area contributed by atoms with Gasteiger partial charge in [-0.1, -0.05) is 30.3 Å². The lowest BCUT2D eigenvalue weighted by Gasteiger charge is -2.22.